The van der Waals surface area contributed by atoms with Crippen molar-refractivity contribution >= 4 is 10.0 Å². The van der Waals surface area contributed by atoms with E-state index in [0.29, 0.717) is 19.6 Å². The van der Waals surface area contributed by atoms with Crippen LogP contribution in [0.3, 0.4) is 0 Å². The normalized spacial score (nSPS) is 26.0. The molecule has 2 N–H and O–H groups in total. The molecule has 102 valence electrons. The molecule has 0 aromatic carbocycles. The molecule has 1 heterocycles. The van der Waals surface area contributed by atoms with Crippen LogP contribution in [0.25, 0.3) is 0 Å². The van der Waals surface area contributed by atoms with Crippen LogP contribution in [0.2, 0.25) is 0 Å². The lowest BCUT2D eigenvalue weighted by atomic mass is 9.83. The lowest BCUT2D eigenvalue weighted by molar-refractivity contribution is 0.199. The summed E-state index contributed by atoms with van der Waals surface area (Å²) in [6, 6.07) is 0. The Morgan fingerprint density at radius 3 is 2.82 bits per heavy atom. The molecule has 0 aromatic heterocycles. The van der Waals surface area contributed by atoms with Gasteiger partial charge in [0.2, 0.25) is 10.0 Å². The second kappa shape index (κ2) is 6.68. The SMILES string of the molecule is COCCCS(=O)(=O)NCC1(C)CCCNC1. The van der Waals surface area contributed by atoms with E-state index in [1.807, 2.05) is 0 Å². The largest absolute Gasteiger partial charge is 0.385 e. The van der Waals surface area contributed by atoms with E-state index in [0.717, 1.165) is 25.9 Å². The summed E-state index contributed by atoms with van der Waals surface area (Å²) in [5.41, 5.74) is 0.0482. The van der Waals surface area contributed by atoms with Crippen LogP contribution in [-0.4, -0.2) is 47.5 Å². The summed E-state index contributed by atoms with van der Waals surface area (Å²) in [6.45, 7) is 5.05. The maximum Gasteiger partial charge on any atom is 0.211 e. The molecule has 1 saturated heterocycles. The van der Waals surface area contributed by atoms with Gasteiger partial charge in [-0.1, -0.05) is 6.92 Å². The van der Waals surface area contributed by atoms with Gasteiger partial charge < -0.3 is 10.1 Å². The Kier molecular flexibility index (Phi) is 5.85. The van der Waals surface area contributed by atoms with Gasteiger partial charge in [-0.25, -0.2) is 13.1 Å². The second-order valence-electron chi connectivity index (χ2n) is 5.08. The summed E-state index contributed by atoms with van der Waals surface area (Å²) in [6.07, 6.45) is 2.73. The lowest BCUT2D eigenvalue weighted by Gasteiger charge is -2.34. The maximum absolute atomic E-state index is 11.7. The van der Waals surface area contributed by atoms with Crippen molar-refractivity contribution in [2.45, 2.75) is 26.2 Å². The molecular weight excluding hydrogens is 240 g/mol. The van der Waals surface area contributed by atoms with E-state index in [-0.39, 0.29) is 11.2 Å². The first-order valence-corrected chi connectivity index (χ1v) is 7.80. The zero-order valence-electron chi connectivity index (χ0n) is 10.8. The van der Waals surface area contributed by atoms with Crippen LogP contribution < -0.4 is 10.0 Å². The molecule has 0 aromatic rings. The number of hydrogen-bond acceptors (Lipinski definition) is 4. The minimum absolute atomic E-state index is 0.0482. The quantitative estimate of drug-likeness (QED) is 0.650. The smallest absolute Gasteiger partial charge is 0.211 e. The van der Waals surface area contributed by atoms with Crippen LogP contribution in [0.5, 0.6) is 0 Å². The molecule has 1 aliphatic heterocycles. The van der Waals surface area contributed by atoms with Gasteiger partial charge in [0.15, 0.2) is 0 Å². The maximum atomic E-state index is 11.7. The first-order chi connectivity index (χ1) is 7.97. The van der Waals surface area contributed by atoms with Crippen molar-refractivity contribution in [3.63, 3.8) is 0 Å². The van der Waals surface area contributed by atoms with Gasteiger partial charge >= 0.3 is 0 Å². The number of hydrogen-bond donors (Lipinski definition) is 2. The third kappa shape index (κ3) is 5.81. The van der Waals surface area contributed by atoms with Gasteiger partial charge in [-0.15, -0.1) is 0 Å². The Labute approximate surface area is 104 Å². The van der Waals surface area contributed by atoms with Gasteiger partial charge in [0, 0.05) is 26.8 Å². The van der Waals surface area contributed by atoms with E-state index in [4.69, 9.17) is 4.74 Å². The Bertz CT molecular complexity index is 311. The number of piperidine rings is 1. The average molecular weight is 264 g/mol. The predicted molar refractivity (Wildman–Crippen MR) is 68.5 cm³/mol. The third-order valence-electron chi connectivity index (χ3n) is 3.17. The van der Waals surface area contributed by atoms with Crippen LogP contribution in [-0.2, 0) is 14.8 Å². The number of ether oxygens (including phenoxy) is 1. The molecule has 0 radical (unpaired) electrons. The van der Waals surface area contributed by atoms with Gasteiger partial charge in [0.25, 0.3) is 0 Å². The molecule has 5 nitrogen and oxygen atoms in total. The second-order valence-corrected chi connectivity index (χ2v) is 7.00. The van der Waals surface area contributed by atoms with Crippen LogP contribution in [0.1, 0.15) is 26.2 Å². The summed E-state index contributed by atoms with van der Waals surface area (Å²) in [4.78, 5) is 0. The fourth-order valence-electron chi connectivity index (χ4n) is 2.02. The predicted octanol–water partition coefficient (Wildman–Crippen LogP) is 0.332. The highest BCUT2D eigenvalue weighted by molar-refractivity contribution is 7.89. The molecule has 0 bridgehead atoms. The minimum Gasteiger partial charge on any atom is -0.385 e. The van der Waals surface area contributed by atoms with Crippen LogP contribution in [0.15, 0.2) is 0 Å². The molecule has 0 amide bonds. The van der Waals surface area contributed by atoms with Crippen molar-refractivity contribution in [3.05, 3.63) is 0 Å². The van der Waals surface area contributed by atoms with Crippen molar-refractivity contribution in [2.75, 3.05) is 39.1 Å². The summed E-state index contributed by atoms with van der Waals surface area (Å²) >= 11 is 0. The average Bonchev–Trinajstić information content (AvgIpc) is 2.28. The van der Waals surface area contributed by atoms with Gasteiger partial charge in [0.05, 0.1) is 5.75 Å². The Morgan fingerprint density at radius 1 is 1.47 bits per heavy atom. The fourth-order valence-corrected chi connectivity index (χ4v) is 3.23. The Morgan fingerprint density at radius 2 is 2.24 bits per heavy atom. The van der Waals surface area contributed by atoms with Crippen molar-refractivity contribution in [2.24, 2.45) is 5.41 Å². The van der Waals surface area contributed by atoms with Gasteiger partial charge in [-0.05, 0) is 31.2 Å². The molecule has 1 rings (SSSR count). The molecule has 0 saturated carbocycles. The molecular formula is C11H24N2O3S. The standard InChI is InChI=1S/C11H24N2O3S/c1-11(5-3-6-12-9-11)10-13-17(14,15)8-4-7-16-2/h12-13H,3-10H2,1-2H3. The first kappa shape index (κ1) is 14.9. The monoisotopic (exact) mass is 264 g/mol. The van der Waals surface area contributed by atoms with E-state index in [9.17, 15) is 8.42 Å². The highest BCUT2D eigenvalue weighted by Gasteiger charge is 2.28. The van der Waals surface area contributed by atoms with E-state index >= 15 is 0 Å². The molecule has 0 aliphatic carbocycles. The third-order valence-corrected chi connectivity index (χ3v) is 4.58. The van der Waals surface area contributed by atoms with Gasteiger partial charge in [0.1, 0.15) is 0 Å². The first-order valence-electron chi connectivity index (χ1n) is 6.14. The van der Waals surface area contributed by atoms with Crippen LogP contribution in [0, 0.1) is 5.41 Å². The summed E-state index contributed by atoms with van der Waals surface area (Å²) < 4.78 is 31.0. The van der Waals surface area contributed by atoms with Crippen molar-refractivity contribution in [1.82, 2.24) is 10.0 Å². The lowest BCUT2D eigenvalue weighted by Crippen LogP contribution is -2.46. The van der Waals surface area contributed by atoms with Crippen molar-refractivity contribution in [3.8, 4) is 0 Å². The van der Waals surface area contributed by atoms with E-state index in [2.05, 4.69) is 17.0 Å². The summed E-state index contributed by atoms with van der Waals surface area (Å²) in [5.74, 6) is 0.143. The Balaban J connectivity index is 2.32. The summed E-state index contributed by atoms with van der Waals surface area (Å²) in [5, 5.41) is 3.31. The van der Waals surface area contributed by atoms with E-state index < -0.39 is 10.0 Å². The zero-order chi connectivity index (χ0) is 12.8. The van der Waals surface area contributed by atoms with Crippen molar-refractivity contribution in [1.29, 1.82) is 0 Å². The molecule has 6 heteroatoms. The Hall–Kier alpha value is -0.170. The van der Waals surface area contributed by atoms with Crippen molar-refractivity contribution < 1.29 is 13.2 Å². The molecule has 0 spiro atoms. The highest BCUT2D eigenvalue weighted by atomic mass is 32.2. The van der Waals surface area contributed by atoms with Crippen LogP contribution in [0.4, 0.5) is 0 Å². The number of sulfonamides is 1. The van der Waals surface area contributed by atoms with Crippen LogP contribution >= 0.6 is 0 Å². The van der Waals surface area contributed by atoms with Gasteiger partial charge in [-0.3, -0.25) is 0 Å². The summed E-state index contributed by atoms with van der Waals surface area (Å²) in [7, 11) is -1.57. The van der Waals surface area contributed by atoms with Gasteiger partial charge in [-0.2, -0.15) is 0 Å². The number of nitrogens with one attached hydrogen (secondary N) is 2. The minimum atomic E-state index is -3.15. The molecule has 1 aliphatic rings. The molecule has 1 fully saturated rings. The highest BCUT2D eigenvalue weighted by Crippen LogP contribution is 2.24. The van der Waals surface area contributed by atoms with E-state index in [1.165, 1.54) is 0 Å². The fraction of sp³-hybridized carbons (Fsp3) is 1.00. The molecule has 1 unspecified atom stereocenters. The topological polar surface area (TPSA) is 67.4 Å². The zero-order valence-corrected chi connectivity index (χ0v) is 11.6. The molecule has 17 heavy (non-hydrogen) atoms. The van der Waals surface area contributed by atoms with E-state index in [1.54, 1.807) is 7.11 Å². The molecule has 1 atom stereocenters. The number of rotatable bonds is 7. The number of methoxy groups -OCH3 is 1.